The van der Waals surface area contributed by atoms with Crippen LogP contribution in [0.1, 0.15) is 22.3 Å². The van der Waals surface area contributed by atoms with Crippen molar-refractivity contribution in [1.29, 1.82) is 0 Å². The van der Waals surface area contributed by atoms with Crippen molar-refractivity contribution in [3.05, 3.63) is 59.2 Å². The highest BCUT2D eigenvalue weighted by atomic mass is 32.1. The number of likely N-dealkylation sites (N-methyl/N-ethyl adjacent to an activating group) is 1. The first-order valence-corrected chi connectivity index (χ1v) is 10.0. The van der Waals surface area contributed by atoms with Crippen molar-refractivity contribution in [3.63, 3.8) is 0 Å². The monoisotopic (exact) mass is 395 g/mol. The zero-order valence-electron chi connectivity index (χ0n) is 15.8. The third-order valence-corrected chi connectivity index (χ3v) is 5.70. The molecule has 0 aliphatic carbocycles. The number of carbonyl (C=O) groups excluding carboxylic acids is 1. The van der Waals surface area contributed by atoms with E-state index < -0.39 is 0 Å². The summed E-state index contributed by atoms with van der Waals surface area (Å²) in [6.45, 7) is 5.28. The molecule has 0 N–H and O–H groups in total. The van der Waals surface area contributed by atoms with Crippen LogP contribution in [0.15, 0.2) is 48.7 Å². The second-order valence-electron chi connectivity index (χ2n) is 6.49. The Labute approximate surface area is 167 Å². The lowest BCUT2D eigenvalue weighted by atomic mass is 10.2. The summed E-state index contributed by atoms with van der Waals surface area (Å²) in [5.41, 5.74) is 1.50. The number of carbonyl (C=O) groups is 1. The number of hydrogen-bond acceptors (Lipinski definition) is 6. The maximum Gasteiger partial charge on any atom is 0.265 e. The van der Waals surface area contributed by atoms with E-state index in [-0.39, 0.29) is 12.0 Å². The van der Waals surface area contributed by atoms with Gasteiger partial charge in [0.2, 0.25) is 0 Å². The fraction of sp³-hybridized carbons (Fsp3) is 0.286. The Bertz CT molecular complexity index is 974. The molecule has 1 aliphatic rings. The summed E-state index contributed by atoms with van der Waals surface area (Å²) in [6.07, 6.45) is 1.52. The van der Waals surface area contributed by atoms with Crippen LogP contribution in [0.4, 0.5) is 0 Å². The molecule has 1 aromatic carbocycles. The molecule has 0 radical (unpaired) electrons. The highest BCUT2D eigenvalue weighted by molar-refractivity contribution is 7.17. The normalized spacial score (nSPS) is 15.3. The number of amides is 1. The van der Waals surface area contributed by atoms with E-state index in [1.165, 1.54) is 11.3 Å². The van der Waals surface area contributed by atoms with Gasteiger partial charge in [0.15, 0.2) is 17.6 Å². The van der Waals surface area contributed by atoms with E-state index >= 15 is 0 Å². The van der Waals surface area contributed by atoms with Gasteiger partial charge in [0.05, 0.1) is 17.9 Å². The maximum atomic E-state index is 13.1. The third-order valence-electron chi connectivity index (χ3n) is 4.54. The van der Waals surface area contributed by atoms with Gasteiger partial charge in [-0.05, 0) is 38.1 Å². The minimum Gasteiger partial charge on any atom is -0.486 e. The quantitative estimate of drug-likeness (QED) is 0.657. The molecule has 7 heteroatoms. The molecule has 0 fully saturated rings. The minimum atomic E-state index is -0.206. The number of aryl methyl sites for hydroxylation is 1. The van der Waals surface area contributed by atoms with Gasteiger partial charge in [-0.15, -0.1) is 11.3 Å². The van der Waals surface area contributed by atoms with Crippen molar-refractivity contribution in [2.24, 2.45) is 0 Å². The largest absolute Gasteiger partial charge is 0.486 e. The molecule has 2 aromatic heterocycles. The van der Waals surface area contributed by atoms with E-state index in [2.05, 4.69) is 9.97 Å². The van der Waals surface area contributed by atoms with Crippen LogP contribution in [0, 0.1) is 6.92 Å². The zero-order valence-corrected chi connectivity index (χ0v) is 16.6. The van der Waals surface area contributed by atoms with Gasteiger partial charge in [-0.3, -0.25) is 9.78 Å². The third kappa shape index (κ3) is 3.71. The molecular weight excluding hydrogens is 374 g/mol. The molecule has 1 aliphatic heterocycles. The Balaban J connectivity index is 1.50. The molecule has 28 heavy (non-hydrogen) atoms. The number of pyridine rings is 1. The predicted octanol–water partition coefficient (Wildman–Crippen LogP) is 3.82. The van der Waals surface area contributed by atoms with Crippen LogP contribution in [0.25, 0.3) is 10.7 Å². The average Bonchev–Trinajstić information content (AvgIpc) is 3.13. The van der Waals surface area contributed by atoms with Crippen molar-refractivity contribution in [3.8, 4) is 22.2 Å². The van der Waals surface area contributed by atoms with Crippen molar-refractivity contribution >= 4 is 17.2 Å². The summed E-state index contributed by atoms with van der Waals surface area (Å²) in [7, 11) is 0. The fourth-order valence-electron chi connectivity index (χ4n) is 3.09. The fourth-order valence-corrected chi connectivity index (χ4v) is 4.10. The first-order valence-electron chi connectivity index (χ1n) is 9.22. The lowest BCUT2D eigenvalue weighted by Gasteiger charge is -2.30. The van der Waals surface area contributed by atoms with Gasteiger partial charge in [0.25, 0.3) is 5.91 Å². The number of ether oxygens (including phenoxy) is 2. The molecule has 4 rings (SSSR count). The van der Waals surface area contributed by atoms with Crippen LogP contribution in [-0.2, 0) is 0 Å². The summed E-state index contributed by atoms with van der Waals surface area (Å²) < 4.78 is 11.8. The van der Waals surface area contributed by atoms with Gasteiger partial charge in [-0.25, -0.2) is 4.98 Å². The number of benzene rings is 1. The van der Waals surface area contributed by atoms with Crippen LogP contribution in [0.2, 0.25) is 0 Å². The molecular formula is C21H21N3O3S. The lowest BCUT2D eigenvalue weighted by molar-refractivity contribution is 0.0477. The van der Waals surface area contributed by atoms with Crippen molar-refractivity contribution in [2.45, 2.75) is 20.0 Å². The molecule has 3 heterocycles. The van der Waals surface area contributed by atoms with Gasteiger partial charge in [-0.1, -0.05) is 18.2 Å². The smallest absolute Gasteiger partial charge is 0.265 e. The summed E-state index contributed by atoms with van der Waals surface area (Å²) in [5.74, 6) is 1.42. The Kier molecular flexibility index (Phi) is 5.25. The Hall–Kier alpha value is -2.93. The first kappa shape index (κ1) is 18.4. The lowest BCUT2D eigenvalue weighted by Crippen LogP contribution is -2.43. The van der Waals surface area contributed by atoms with E-state index in [1.54, 1.807) is 11.1 Å². The topological polar surface area (TPSA) is 64.6 Å². The number of fused-ring (bicyclic) bond motifs is 1. The Morgan fingerprint density at radius 3 is 2.75 bits per heavy atom. The standard InChI is InChI=1S/C21H21N3O3S/c1-3-24(12-15-13-26-17-9-4-5-10-18(17)27-15)21(25)19-14(2)23-20(28-19)16-8-6-7-11-22-16/h4-11,15H,3,12-13H2,1-2H3. The molecule has 0 saturated heterocycles. The second-order valence-corrected chi connectivity index (χ2v) is 7.49. The Morgan fingerprint density at radius 1 is 1.21 bits per heavy atom. The van der Waals surface area contributed by atoms with Crippen molar-refractivity contribution < 1.29 is 14.3 Å². The minimum absolute atomic E-state index is 0.0397. The number of para-hydroxylation sites is 2. The van der Waals surface area contributed by atoms with Crippen LogP contribution < -0.4 is 9.47 Å². The van der Waals surface area contributed by atoms with E-state index in [4.69, 9.17) is 9.47 Å². The first-order chi connectivity index (χ1) is 13.7. The van der Waals surface area contributed by atoms with Gasteiger partial charge < -0.3 is 14.4 Å². The van der Waals surface area contributed by atoms with Gasteiger partial charge in [0.1, 0.15) is 16.5 Å². The molecule has 6 nitrogen and oxygen atoms in total. The van der Waals surface area contributed by atoms with Crippen LogP contribution in [0.3, 0.4) is 0 Å². The number of aromatic nitrogens is 2. The highest BCUT2D eigenvalue weighted by Crippen LogP contribution is 2.32. The molecule has 1 atom stereocenters. The SMILES string of the molecule is CCN(CC1COc2ccccc2O1)C(=O)c1sc(-c2ccccn2)nc1C. The molecule has 0 bridgehead atoms. The van der Waals surface area contributed by atoms with Crippen molar-refractivity contribution in [1.82, 2.24) is 14.9 Å². The average molecular weight is 395 g/mol. The second kappa shape index (κ2) is 7.98. The molecule has 3 aromatic rings. The number of thiazole rings is 1. The highest BCUT2D eigenvalue weighted by Gasteiger charge is 2.27. The molecule has 1 amide bonds. The summed E-state index contributed by atoms with van der Waals surface area (Å²) in [4.78, 5) is 24.4. The van der Waals surface area contributed by atoms with Gasteiger partial charge >= 0.3 is 0 Å². The molecule has 144 valence electrons. The van der Waals surface area contributed by atoms with Gasteiger partial charge in [-0.2, -0.15) is 0 Å². The zero-order chi connectivity index (χ0) is 19.5. The Morgan fingerprint density at radius 2 is 2.00 bits per heavy atom. The summed E-state index contributed by atoms with van der Waals surface area (Å²) >= 11 is 1.38. The van der Waals surface area contributed by atoms with Crippen LogP contribution >= 0.6 is 11.3 Å². The molecule has 1 unspecified atom stereocenters. The number of hydrogen-bond donors (Lipinski definition) is 0. The van der Waals surface area contributed by atoms with E-state index in [9.17, 15) is 4.79 Å². The van der Waals surface area contributed by atoms with E-state index in [0.717, 1.165) is 22.1 Å². The molecule has 0 saturated carbocycles. The van der Waals surface area contributed by atoms with E-state index in [0.29, 0.717) is 30.3 Å². The van der Waals surface area contributed by atoms with E-state index in [1.807, 2.05) is 56.3 Å². The maximum absolute atomic E-state index is 13.1. The molecule has 0 spiro atoms. The van der Waals surface area contributed by atoms with Crippen LogP contribution in [0.5, 0.6) is 11.5 Å². The number of rotatable bonds is 5. The summed E-state index contributed by atoms with van der Waals surface area (Å²) in [5, 5.41) is 0.753. The summed E-state index contributed by atoms with van der Waals surface area (Å²) in [6, 6.07) is 13.3. The van der Waals surface area contributed by atoms with Crippen LogP contribution in [-0.4, -0.2) is 46.6 Å². The number of nitrogens with zero attached hydrogens (tertiary/aromatic N) is 3. The predicted molar refractivity (Wildman–Crippen MR) is 108 cm³/mol. The van der Waals surface area contributed by atoms with Gasteiger partial charge in [0, 0.05) is 12.7 Å². The van der Waals surface area contributed by atoms with Crippen molar-refractivity contribution in [2.75, 3.05) is 19.7 Å².